The first-order chi connectivity index (χ1) is 8.18. The summed E-state index contributed by atoms with van der Waals surface area (Å²) in [5.41, 5.74) is 2.38. The fourth-order valence-electron chi connectivity index (χ4n) is 2.00. The summed E-state index contributed by atoms with van der Waals surface area (Å²) in [5.74, 6) is 0. The first-order valence-corrected chi connectivity index (χ1v) is 5.82. The molecule has 17 heavy (non-hydrogen) atoms. The fourth-order valence-corrected chi connectivity index (χ4v) is 2.00. The largest absolute Gasteiger partial charge is 0.302 e. The maximum atomic E-state index is 4.18. The van der Waals surface area contributed by atoms with Crippen molar-refractivity contribution in [3.8, 4) is 0 Å². The highest BCUT2D eigenvalue weighted by atomic mass is 15.3. The Bertz CT molecular complexity index is 463. The monoisotopic (exact) mass is 230 g/mol. The maximum absolute atomic E-state index is 4.18. The summed E-state index contributed by atoms with van der Waals surface area (Å²) in [6.45, 7) is 4.29. The van der Waals surface area contributed by atoms with Crippen LogP contribution in [-0.2, 0) is 7.05 Å². The lowest BCUT2D eigenvalue weighted by Crippen LogP contribution is -2.24. The van der Waals surface area contributed by atoms with Crippen LogP contribution in [0.4, 0.5) is 0 Å². The van der Waals surface area contributed by atoms with Gasteiger partial charge in [-0.3, -0.25) is 9.67 Å². The second-order valence-corrected chi connectivity index (χ2v) is 4.28. The minimum absolute atomic E-state index is 0.262. The van der Waals surface area contributed by atoms with E-state index in [2.05, 4.69) is 35.3 Å². The Balaban J connectivity index is 2.05. The molecule has 90 valence electrons. The summed E-state index contributed by atoms with van der Waals surface area (Å²) < 4.78 is 1.90. The standard InChI is InChI=1S/C13H18N4/c1-10(12-5-4-7-14-9-12)16-11(2)13-6-8-15-17(13)3/h4-11,16H,1-3H3/t10-,11?/m0/s1. The van der Waals surface area contributed by atoms with Crippen LogP contribution in [0.15, 0.2) is 36.8 Å². The van der Waals surface area contributed by atoms with E-state index in [1.807, 2.05) is 36.3 Å². The Morgan fingerprint density at radius 2 is 2.00 bits per heavy atom. The average Bonchev–Trinajstić information content (AvgIpc) is 2.76. The van der Waals surface area contributed by atoms with Crippen molar-refractivity contribution in [2.45, 2.75) is 25.9 Å². The topological polar surface area (TPSA) is 42.7 Å². The van der Waals surface area contributed by atoms with Crippen molar-refractivity contribution in [3.63, 3.8) is 0 Å². The summed E-state index contributed by atoms with van der Waals surface area (Å²) in [6.07, 6.45) is 5.51. The Kier molecular flexibility index (Phi) is 3.54. The molecule has 0 aliphatic rings. The minimum atomic E-state index is 0.262. The second-order valence-electron chi connectivity index (χ2n) is 4.28. The highest BCUT2D eigenvalue weighted by Gasteiger charge is 2.13. The van der Waals surface area contributed by atoms with E-state index in [-0.39, 0.29) is 12.1 Å². The van der Waals surface area contributed by atoms with Crippen LogP contribution in [-0.4, -0.2) is 14.8 Å². The molecule has 2 heterocycles. The molecule has 2 aromatic heterocycles. The Morgan fingerprint density at radius 1 is 1.18 bits per heavy atom. The van der Waals surface area contributed by atoms with Crippen molar-refractivity contribution in [1.82, 2.24) is 20.1 Å². The first kappa shape index (κ1) is 11.8. The number of pyridine rings is 1. The second kappa shape index (κ2) is 5.10. The summed E-state index contributed by atoms with van der Waals surface area (Å²) in [7, 11) is 1.96. The first-order valence-electron chi connectivity index (χ1n) is 5.82. The lowest BCUT2D eigenvalue weighted by Gasteiger charge is -2.20. The third-order valence-corrected chi connectivity index (χ3v) is 2.99. The maximum Gasteiger partial charge on any atom is 0.0547 e. The normalized spacial score (nSPS) is 14.5. The van der Waals surface area contributed by atoms with Gasteiger partial charge in [-0.1, -0.05) is 6.07 Å². The van der Waals surface area contributed by atoms with Gasteiger partial charge in [0.15, 0.2) is 0 Å². The van der Waals surface area contributed by atoms with Crippen molar-refractivity contribution >= 4 is 0 Å². The fraction of sp³-hybridized carbons (Fsp3) is 0.385. The van der Waals surface area contributed by atoms with E-state index in [9.17, 15) is 0 Å². The van der Waals surface area contributed by atoms with Crippen LogP contribution in [0.1, 0.15) is 37.2 Å². The minimum Gasteiger partial charge on any atom is -0.302 e. The lowest BCUT2D eigenvalue weighted by molar-refractivity contribution is 0.468. The van der Waals surface area contributed by atoms with Gasteiger partial charge in [-0.15, -0.1) is 0 Å². The van der Waals surface area contributed by atoms with Gasteiger partial charge in [-0.05, 0) is 31.5 Å². The van der Waals surface area contributed by atoms with Gasteiger partial charge < -0.3 is 5.32 Å². The molecule has 0 aliphatic heterocycles. The van der Waals surface area contributed by atoms with E-state index in [1.165, 1.54) is 11.3 Å². The van der Waals surface area contributed by atoms with Crippen LogP contribution in [0, 0.1) is 0 Å². The predicted molar refractivity (Wildman–Crippen MR) is 67.4 cm³/mol. The molecule has 0 amide bonds. The van der Waals surface area contributed by atoms with Crippen LogP contribution in [0.2, 0.25) is 0 Å². The van der Waals surface area contributed by atoms with Crippen molar-refractivity contribution in [3.05, 3.63) is 48.0 Å². The summed E-state index contributed by atoms with van der Waals surface area (Å²) >= 11 is 0. The zero-order valence-electron chi connectivity index (χ0n) is 10.5. The quantitative estimate of drug-likeness (QED) is 0.875. The summed E-state index contributed by atoms with van der Waals surface area (Å²) in [6, 6.07) is 6.61. The van der Waals surface area contributed by atoms with E-state index in [1.54, 1.807) is 6.20 Å². The molecule has 0 saturated heterocycles. The molecule has 1 N–H and O–H groups in total. The van der Waals surface area contributed by atoms with E-state index in [0.717, 1.165) is 0 Å². The number of nitrogens with one attached hydrogen (secondary N) is 1. The SMILES string of the molecule is CC(N[C@@H](C)c1cccnc1)c1ccnn1C. The smallest absolute Gasteiger partial charge is 0.0547 e. The van der Waals surface area contributed by atoms with Crippen LogP contribution in [0.25, 0.3) is 0 Å². The summed E-state index contributed by atoms with van der Waals surface area (Å²) in [4.78, 5) is 4.14. The van der Waals surface area contributed by atoms with Crippen LogP contribution < -0.4 is 5.32 Å². The van der Waals surface area contributed by atoms with Crippen molar-refractivity contribution in [1.29, 1.82) is 0 Å². The molecule has 2 rings (SSSR count). The number of aromatic nitrogens is 3. The van der Waals surface area contributed by atoms with Gasteiger partial charge in [-0.25, -0.2) is 0 Å². The molecule has 2 aromatic rings. The number of nitrogens with zero attached hydrogens (tertiary/aromatic N) is 3. The molecule has 0 fully saturated rings. The molecule has 0 spiro atoms. The molecule has 4 heteroatoms. The number of rotatable bonds is 4. The zero-order valence-corrected chi connectivity index (χ0v) is 10.5. The molecular formula is C13H18N4. The Hall–Kier alpha value is -1.68. The van der Waals surface area contributed by atoms with Crippen LogP contribution in [0.5, 0.6) is 0 Å². The average molecular weight is 230 g/mol. The summed E-state index contributed by atoms with van der Waals surface area (Å²) in [5, 5.41) is 7.72. The zero-order chi connectivity index (χ0) is 12.3. The van der Waals surface area contributed by atoms with Gasteiger partial charge in [-0.2, -0.15) is 5.10 Å². The third-order valence-electron chi connectivity index (χ3n) is 2.99. The predicted octanol–water partition coefficient (Wildman–Crippen LogP) is 2.23. The van der Waals surface area contributed by atoms with Gasteiger partial charge in [0.1, 0.15) is 0 Å². The third kappa shape index (κ3) is 2.71. The van der Waals surface area contributed by atoms with E-state index < -0.39 is 0 Å². The molecule has 0 aliphatic carbocycles. The number of hydrogen-bond donors (Lipinski definition) is 1. The lowest BCUT2D eigenvalue weighted by atomic mass is 10.1. The van der Waals surface area contributed by atoms with E-state index in [0.29, 0.717) is 0 Å². The molecule has 0 saturated carbocycles. The molecule has 1 unspecified atom stereocenters. The molecule has 4 nitrogen and oxygen atoms in total. The Morgan fingerprint density at radius 3 is 2.59 bits per heavy atom. The molecule has 0 radical (unpaired) electrons. The molecule has 0 bridgehead atoms. The van der Waals surface area contributed by atoms with Gasteiger partial charge in [0.05, 0.1) is 5.69 Å². The van der Waals surface area contributed by atoms with E-state index in [4.69, 9.17) is 0 Å². The number of aryl methyl sites for hydroxylation is 1. The highest BCUT2D eigenvalue weighted by molar-refractivity contribution is 5.14. The van der Waals surface area contributed by atoms with Crippen molar-refractivity contribution in [2.75, 3.05) is 0 Å². The number of hydrogen-bond acceptors (Lipinski definition) is 3. The molecule has 0 aromatic carbocycles. The van der Waals surface area contributed by atoms with Gasteiger partial charge in [0.2, 0.25) is 0 Å². The van der Waals surface area contributed by atoms with Gasteiger partial charge >= 0.3 is 0 Å². The molecule has 2 atom stereocenters. The Labute approximate surface area is 102 Å². The highest BCUT2D eigenvalue weighted by Crippen LogP contribution is 2.17. The molecular weight excluding hydrogens is 212 g/mol. The van der Waals surface area contributed by atoms with Gasteiger partial charge in [0.25, 0.3) is 0 Å². The van der Waals surface area contributed by atoms with Crippen LogP contribution >= 0.6 is 0 Å². The van der Waals surface area contributed by atoms with Crippen LogP contribution in [0.3, 0.4) is 0 Å². The van der Waals surface area contributed by atoms with E-state index >= 15 is 0 Å². The van der Waals surface area contributed by atoms with Crippen molar-refractivity contribution < 1.29 is 0 Å². The van der Waals surface area contributed by atoms with Gasteiger partial charge in [0, 0.05) is 37.7 Å². The van der Waals surface area contributed by atoms with Crippen molar-refractivity contribution in [2.24, 2.45) is 7.05 Å².